The fourth-order valence-corrected chi connectivity index (χ4v) is 2.26. The molecule has 3 heteroatoms. The molecule has 2 aliphatic rings. The number of rotatable bonds is 5. The van der Waals surface area contributed by atoms with Crippen molar-refractivity contribution in [3.8, 4) is 0 Å². The molecule has 1 unspecified atom stereocenters. The summed E-state index contributed by atoms with van der Waals surface area (Å²) in [6.07, 6.45) is 5.29. The van der Waals surface area contributed by atoms with E-state index in [1.165, 1.54) is 25.7 Å². The second-order valence-electron chi connectivity index (χ2n) is 4.68. The average molecular weight is 200 g/mol. The van der Waals surface area contributed by atoms with Gasteiger partial charge in [0.05, 0.1) is 0 Å². The molecule has 1 aliphatic carbocycles. The number of hydrogen-bond donors (Lipinski definition) is 1. The van der Waals surface area contributed by atoms with Gasteiger partial charge in [-0.2, -0.15) is 0 Å². The van der Waals surface area contributed by atoms with E-state index < -0.39 is 0 Å². The van der Waals surface area contributed by atoms with Crippen molar-refractivity contribution in [2.45, 2.75) is 31.7 Å². The highest BCUT2D eigenvalue weighted by Gasteiger charge is 2.24. The molecule has 0 bridgehead atoms. The van der Waals surface area contributed by atoms with Gasteiger partial charge in [-0.25, -0.2) is 4.39 Å². The van der Waals surface area contributed by atoms with E-state index in [0.29, 0.717) is 6.54 Å². The van der Waals surface area contributed by atoms with Gasteiger partial charge in [0.15, 0.2) is 0 Å². The summed E-state index contributed by atoms with van der Waals surface area (Å²) in [5, 5.41) is 3.57. The standard InChI is InChI=1S/C11H21FN2/c12-5-7-14-6-1-2-10(9-14)8-13-11-3-4-11/h10-11,13H,1-9H2. The fraction of sp³-hybridized carbons (Fsp3) is 1.00. The van der Waals surface area contributed by atoms with Crippen molar-refractivity contribution in [3.63, 3.8) is 0 Å². The van der Waals surface area contributed by atoms with Crippen LogP contribution in [-0.2, 0) is 0 Å². The first-order chi connectivity index (χ1) is 6.88. The third kappa shape index (κ3) is 3.21. The summed E-state index contributed by atoms with van der Waals surface area (Å²) in [5.74, 6) is 0.760. The van der Waals surface area contributed by atoms with Crippen molar-refractivity contribution in [2.75, 3.05) is 32.9 Å². The van der Waals surface area contributed by atoms with Crippen LogP contribution in [0, 0.1) is 5.92 Å². The zero-order chi connectivity index (χ0) is 9.80. The SMILES string of the molecule is FCCN1CCCC(CNC2CC2)C1. The van der Waals surface area contributed by atoms with Gasteiger partial charge in [-0.1, -0.05) is 0 Å². The predicted octanol–water partition coefficient (Wildman–Crippen LogP) is 1.42. The summed E-state index contributed by atoms with van der Waals surface area (Å²) in [5.41, 5.74) is 0. The van der Waals surface area contributed by atoms with Crippen LogP contribution in [0.3, 0.4) is 0 Å². The molecule has 82 valence electrons. The summed E-state index contributed by atoms with van der Waals surface area (Å²) >= 11 is 0. The number of hydrogen-bond acceptors (Lipinski definition) is 2. The highest BCUT2D eigenvalue weighted by molar-refractivity contribution is 4.83. The zero-order valence-electron chi connectivity index (χ0n) is 8.84. The van der Waals surface area contributed by atoms with E-state index in [4.69, 9.17) is 0 Å². The molecular formula is C11H21FN2. The molecule has 1 saturated heterocycles. The molecule has 0 radical (unpaired) electrons. The van der Waals surface area contributed by atoms with E-state index in [1.807, 2.05) is 0 Å². The van der Waals surface area contributed by atoms with Gasteiger partial charge in [-0.3, -0.25) is 0 Å². The molecule has 0 spiro atoms. The summed E-state index contributed by atoms with van der Waals surface area (Å²) in [7, 11) is 0. The number of nitrogens with zero attached hydrogens (tertiary/aromatic N) is 1. The third-order valence-electron chi connectivity index (χ3n) is 3.28. The smallest absolute Gasteiger partial charge is 0.102 e. The first-order valence-corrected chi connectivity index (χ1v) is 5.90. The lowest BCUT2D eigenvalue weighted by Crippen LogP contribution is -2.40. The van der Waals surface area contributed by atoms with E-state index in [2.05, 4.69) is 10.2 Å². The van der Waals surface area contributed by atoms with Crippen LogP contribution in [0.2, 0.25) is 0 Å². The minimum absolute atomic E-state index is 0.192. The van der Waals surface area contributed by atoms with Crippen LogP contribution in [0.5, 0.6) is 0 Å². The summed E-state index contributed by atoms with van der Waals surface area (Å²) < 4.78 is 12.2. The maximum atomic E-state index is 12.2. The molecule has 0 amide bonds. The number of alkyl halides is 1. The van der Waals surface area contributed by atoms with Crippen LogP contribution in [0.25, 0.3) is 0 Å². The Bertz CT molecular complexity index is 169. The fourth-order valence-electron chi connectivity index (χ4n) is 2.26. The maximum absolute atomic E-state index is 12.2. The van der Waals surface area contributed by atoms with Crippen LogP contribution >= 0.6 is 0 Å². The first kappa shape index (κ1) is 10.4. The van der Waals surface area contributed by atoms with Crippen molar-refractivity contribution in [2.24, 2.45) is 5.92 Å². The Hall–Kier alpha value is -0.150. The molecule has 2 rings (SSSR count). The van der Waals surface area contributed by atoms with Gasteiger partial charge in [0, 0.05) is 19.1 Å². The molecule has 1 saturated carbocycles. The number of likely N-dealkylation sites (tertiary alicyclic amines) is 1. The average Bonchev–Trinajstić information content (AvgIpc) is 2.99. The monoisotopic (exact) mass is 200 g/mol. The second-order valence-corrected chi connectivity index (χ2v) is 4.68. The Balaban J connectivity index is 1.64. The minimum atomic E-state index is -0.192. The van der Waals surface area contributed by atoms with E-state index in [0.717, 1.165) is 31.6 Å². The highest BCUT2D eigenvalue weighted by atomic mass is 19.1. The molecule has 1 heterocycles. The third-order valence-corrected chi connectivity index (χ3v) is 3.28. The van der Waals surface area contributed by atoms with Crippen molar-refractivity contribution in [3.05, 3.63) is 0 Å². The lowest BCUT2D eigenvalue weighted by atomic mass is 9.98. The Morgan fingerprint density at radius 1 is 1.29 bits per heavy atom. The molecule has 0 aromatic carbocycles. The Kier molecular flexibility index (Phi) is 3.76. The largest absolute Gasteiger partial charge is 0.314 e. The Morgan fingerprint density at radius 3 is 2.86 bits per heavy atom. The molecule has 2 fully saturated rings. The normalized spacial score (nSPS) is 29.4. The van der Waals surface area contributed by atoms with Crippen LogP contribution < -0.4 is 5.32 Å². The van der Waals surface area contributed by atoms with Gasteiger partial charge in [0.25, 0.3) is 0 Å². The van der Waals surface area contributed by atoms with E-state index in [1.54, 1.807) is 0 Å². The zero-order valence-corrected chi connectivity index (χ0v) is 8.84. The second kappa shape index (κ2) is 5.08. The van der Waals surface area contributed by atoms with Crippen molar-refractivity contribution in [1.29, 1.82) is 0 Å². The first-order valence-electron chi connectivity index (χ1n) is 5.90. The molecule has 0 aromatic rings. The number of piperidine rings is 1. The molecule has 1 aliphatic heterocycles. The Labute approximate surface area is 85.9 Å². The van der Waals surface area contributed by atoms with Crippen LogP contribution in [-0.4, -0.2) is 43.8 Å². The minimum Gasteiger partial charge on any atom is -0.314 e. The molecular weight excluding hydrogens is 179 g/mol. The van der Waals surface area contributed by atoms with Gasteiger partial charge < -0.3 is 10.2 Å². The lowest BCUT2D eigenvalue weighted by molar-refractivity contribution is 0.161. The van der Waals surface area contributed by atoms with Gasteiger partial charge >= 0.3 is 0 Å². The summed E-state index contributed by atoms with van der Waals surface area (Å²) in [6, 6.07) is 0.812. The maximum Gasteiger partial charge on any atom is 0.102 e. The molecule has 1 atom stereocenters. The van der Waals surface area contributed by atoms with Crippen LogP contribution in [0.1, 0.15) is 25.7 Å². The predicted molar refractivity (Wildman–Crippen MR) is 56.2 cm³/mol. The van der Waals surface area contributed by atoms with Crippen LogP contribution in [0.4, 0.5) is 4.39 Å². The number of halogens is 1. The van der Waals surface area contributed by atoms with Gasteiger partial charge in [-0.05, 0) is 44.7 Å². The summed E-state index contributed by atoms with van der Waals surface area (Å²) in [6.45, 7) is 3.80. The molecule has 14 heavy (non-hydrogen) atoms. The van der Waals surface area contributed by atoms with Crippen molar-refractivity contribution in [1.82, 2.24) is 10.2 Å². The van der Waals surface area contributed by atoms with Gasteiger partial charge in [0.2, 0.25) is 0 Å². The quantitative estimate of drug-likeness (QED) is 0.722. The topological polar surface area (TPSA) is 15.3 Å². The Morgan fingerprint density at radius 2 is 2.14 bits per heavy atom. The van der Waals surface area contributed by atoms with Gasteiger partial charge in [-0.15, -0.1) is 0 Å². The van der Waals surface area contributed by atoms with E-state index in [9.17, 15) is 4.39 Å². The van der Waals surface area contributed by atoms with E-state index in [-0.39, 0.29) is 6.67 Å². The number of nitrogens with one attached hydrogen (secondary N) is 1. The van der Waals surface area contributed by atoms with E-state index >= 15 is 0 Å². The van der Waals surface area contributed by atoms with Crippen molar-refractivity contribution < 1.29 is 4.39 Å². The molecule has 0 aromatic heterocycles. The lowest BCUT2D eigenvalue weighted by Gasteiger charge is -2.32. The van der Waals surface area contributed by atoms with Crippen LogP contribution in [0.15, 0.2) is 0 Å². The highest BCUT2D eigenvalue weighted by Crippen LogP contribution is 2.21. The molecule has 2 nitrogen and oxygen atoms in total. The summed E-state index contributed by atoms with van der Waals surface area (Å²) in [4.78, 5) is 2.27. The molecule has 1 N–H and O–H groups in total. The van der Waals surface area contributed by atoms with Gasteiger partial charge in [0.1, 0.15) is 6.67 Å². The van der Waals surface area contributed by atoms with Crippen molar-refractivity contribution >= 4 is 0 Å².